The summed E-state index contributed by atoms with van der Waals surface area (Å²) in [6, 6.07) is 2.31. The molecule has 26 heavy (non-hydrogen) atoms. The summed E-state index contributed by atoms with van der Waals surface area (Å²) in [6.45, 7) is 9.58. The van der Waals surface area contributed by atoms with Crippen molar-refractivity contribution >= 4 is 17.5 Å². The van der Waals surface area contributed by atoms with Crippen LogP contribution in [0.3, 0.4) is 0 Å². The Bertz CT molecular complexity index is 798. The van der Waals surface area contributed by atoms with Crippen LogP contribution in [0.15, 0.2) is 53.7 Å². The van der Waals surface area contributed by atoms with Gasteiger partial charge in [-0.1, -0.05) is 70.2 Å². The van der Waals surface area contributed by atoms with Gasteiger partial charge in [-0.05, 0) is 41.9 Å². The normalized spacial score (nSPS) is 24.2. The minimum absolute atomic E-state index is 0.518. The van der Waals surface area contributed by atoms with Gasteiger partial charge in [0.1, 0.15) is 5.82 Å². The lowest BCUT2D eigenvalue weighted by Gasteiger charge is -2.21. The lowest BCUT2D eigenvalue weighted by molar-refractivity contribution is 0.706. The topological polar surface area (TPSA) is 19.0 Å². The van der Waals surface area contributed by atoms with E-state index in [0.717, 1.165) is 19.4 Å². The maximum Gasteiger partial charge on any atom is 0.113 e. The third-order valence-corrected chi connectivity index (χ3v) is 5.20. The summed E-state index contributed by atoms with van der Waals surface area (Å²) >= 11 is 0. The van der Waals surface area contributed by atoms with E-state index in [9.17, 15) is 0 Å². The third-order valence-electron chi connectivity index (χ3n) is 5.20. The van der Waals surface area contributed by atoms with E-state index in [0.29, 0.717) is 11.8 Å². The highest BCUT2D eigenvalue weighted by Gasteiger charge is 2.22. The average Bonchev–Trinajstić information content (AvgIpc) is 2.90. The Kier molecular flexibility index (Phi) is 5.70. The van der Waals surface area contributed by atoms with E-state index in [1.165, 1.54) is 33.8 Å². The molecule has 0 saturated carbocycles. The minimum atomic E-state index is 0.518. The number of allylic oxidation sites excluding steroid dienone is 8. The summed E-state index contributed by atoms with van der Waals surface area (Å²) in [6.07, 6.45) is 18.4. The van der Waals surface area contributed by atoms with Gasteiger partial charge in [-0.25, -0.2) is 0 Å². The van der Waals surface area contributed by atoms with Gasteiger partial charge in [-0.2, -0.15) is 0 Å². The number of hydrogen-bond donors (Lipinski definition) is 1. The fourth-order valence-corrected chi connectivity index (χ4v) is 4.01. The summed E-state index contributed by atoms with van der Waals surface area (Å²) in [7, 11) is 2.18. The fraction of sp³-hybridized carbons (Fsp3) is 0.417. The monoisotopic (exact) mass is 348 g/mol. The summed E-state index contributed by atoms with van der Waals surface area (Å²) in [4.78, 5) is 6.03. The predicted octanol–water partition coefficient (Wildman–Crippen LogP) is 6.38. The molecular formula is C24H32N2. The summed E-state index contributed by atoms with van der Waals surface area (Å²) in [5, 5.41) is 0. The van der Waals surface area contributed by atoms with Crippen molar-refractivity contribution in [1.82, 2.24) is 4.98 Å². The average molecular weight is 349 g/mol. The van der Waals surface area contributed by atoms with Gasteiger partial charge in [0.25, 0.3) is 0 Å². The molecule has 1 aromatic rings. The molecule has 2 atom stereocenters. The second-order valence-corrected chi connectivity index (χ2v) is 7.38. The lowest BCUT2D eigenvalue weighted by Crippen LogP contribution is -2.22. The number of anilines is 1. The largest absolute Gasteiger partial charge is 0.360 e. The van der Waals surface area contributed by atoms with Crippen molar-refractivity contribution in [3.63, 3.8) is 0 Å². The second kappa shape index (κ2) is 7.99. The van der Waals surface area contributed by atoms with Crippen molar-refractivity contribution in [2.24, 2.45) is 11.8 Å². The SMILES string of the molecule is CC.CC1C=CC=C2C(=C1)CCC=C2c1cc2c([nH]1)N(C)CC(C)C=C2. The third kappa shape index (κ3) is 3.65. The Hall–Kier alpha value is -2.22. The van der Waals surface area contributed by atoms with Gasteiger partial charge in [-0.15, -0.1) is 0 Å². The van der Waals surface area contributed by atoms with Gasteiger partial charge >= 0.3 is 0 Å². The van der Waals surface area contributed by atoms with Crippen LogP contribution in [0.25, 0.3) is 11.6 Å². The molecule has 1 N–H and O–H groups in total. The zero-order chi connectivity index (χ0) is 18.7. The van der Waals surface area contributed by atoms with Gasteiger partial charge in [0.15, 0.2) is 0 Å². The van der Waals surface area contributed by atoms with Crippen LogP contribution < -0.4 is 4.90 Å². The molecule has 1 aromatic heterocycles. The summed E-state index contributed by atoms with van der Waals surface area (Å²) in [5.74, 6) is 2.34. The standard InChI is InChI=1S/C22H26N2.C2H6/c1-15-6-4-8-19-17(12-15)7-5-9-20(19)21-13-18-11-10-16(2)14-24(3)22(18)23-21;1-2/h4,6,8-13,15-16,23H,5,7,14H2,1-3H3;1-2H3. The molecule has 2 aliphatic carbocycles. The molecular weight excluding hydrogens is 316 g/mol. The van der Waals surface area contributed by atoms with Crippen LogP contribution in [0, 0.1) is 11.8 Å². The van der Waals surface area contributed by atoms with E-state index in [2.05, 4.69) is 79.4 Å². The quantitative estimate of drug-likeness (QED) is 0.624. The zero-order valence-corrected chi connectivity index (χ0v) is 16.8. The predicted molar refractivity (Wildman–Crippen MR) is 115 cm³/mol. The first kappa shape index (κ1) is 18.6. The van der Waals surface area contributed by atoms with Crippen molar-refractivity contribution in [3.8, 4) is 0 Å². The molecule has 0 radical (unpaired) electrons. The van der Waals surface area contributed by atoms with Crippen LogP contribution in [-0.4, -0.2) is 18.6 Å². The fourth-order valence-electron chi connectivity index (χ4n) is 4.01. The summed E-state index contributed by atoms with van der Waals surface area (Å²) in [5.41, 5.74) is 6.78. The summed E-state index contributed by atoms with van der Waals surface area (Å²) < 4.78 is 0. The van der Waals surface area contributed by atoms with Crippen molar-refractivity contribution in [3.05, 3.63) is 64.9 Å². The van der Waals surface area contributed by atoms with Crippen LogP contribution in [0.4, 0.5) is 5.82 Å². The molecule has 138 valence electrons. The first-order valence-electron chi connectivity index (χ1n) is 10.0. The van der Waals surface area contributed by atoms with Crippen LogP contribution >= 0.6 is 0 Å². The van der Waals surface area contributed by atoms with E-state index < -0.39 is 0 Å². The molecule has 4 rings (SSSR count). The number of hydrogen-bond acceptors (Lipinski definition) is 1. The van der Waals surface area contributed by atoms with Gasteiger partial charge < -0.3 is 9.88 Å². The molecule has 1 aliphatic heterocycles. The zero-order valence-electron chi connectivity index (χ0n) is 16.8. The molecule has 0 spiro atoms. The van der Waals surface area contributed by atoms with Gasteiger partial charge in [0, 0.05) is 30.4 Å². The molecule has 2 nitrogen and oxygen atoms in total. The number of fused-ring (bicyclic) bond motifs is 2. The number of H-pyrrole nitrogens is 1. The van der Waals surface area contributed by atoms with E-state index in [-0.39, 0.29) is 0 Å². The Morgan fingerprint density at radius 2 is 1.92 bits per heavy atom. The molecule has 2 heteroatoms. The van der Waals surface area contributed by atoms with Crippen LogP contribution in [0.5, 0.6) is 0 Å². The number of rotatable bonds is 1. The molecule has 0 fully saturated rings. The molecule has 2 heterocycles. The maximum atomic E-state index is 3.69. The smallest absolute Gasteiger partial charge is 0.113 e. The van der Waals surface area contributed by atoms with Crippen LogP contribution in [0.2, 0.25) is 0 Å². The van der Waals surface area contributed by atoms with Crippen LogP contribution in [0.1, 0.15) is 51.8 Å². The van der Waals surface area contributed by atoms with Crippen molar-refractivity contribution < 1.29 is 0 Å². The van der Waals surface area contributed by atoms with E-state index in [1.54, 1.807) is 0 Å². The van der Waals surface area contributed by atoms with Gasteiger partial charge in [-0.3, -0.25) is 0 Å². The van der Waals surface area contributed by atoms with Gasteiger partial charge in [0.05, 0.1) is 0 Å². The van der Waals surface area contributed by atoms with E-state index >= 15 is 0 Å². The maximum absolute atomic E-state index is 3.69. The Labute approximate surface area is 158 Å². The van der Waals surface area contributed by atoms with Crippen molar-refractivity contribution in [1.29, 1.82) is 0 Å². The van der Waals surface area contributed by atoms with Crippen molar-refractivity contribution in [2.75, 3.05) is 18.5 Å². The molecule has 3 aliphatic rings. The first-order valence-corrected chi connectivity index (χ1v) is 10.0. The van der Waals surface area contributed by atoms with Gasteiger partial charge in [0.2, 0.25) is 0 Å². The van der Waals surface area contributed by atoms with Crippen molar-refractivity contribution in [2.45, 2.75) is 40.5 Å². The Morgan fingerprint density at radius 3 is 2.73 bits per heavy atom. The van der Waals surface area contributed by atoms with E-state index in [4.69, 9.17) is 0 Å². The highest BCUT2D eigenvalue weighted by atomic mass is 15.2. The van der Waals surface area contributed by atoms with E-state index in [1.807, 2.05) is 13.8 Å². The molecule has 0 aromatic carbocycles. The first-order chi connectivity index (χ1) is 12.6. The highest BCUT2D eigenvalue weighted by Crippen LogP contribution is 2.39. The number of nitrogens with one attached hydrogen (secondary N) is 1. The highest BCUT2D eigenvalue weighted by molar-refractivity contribution is 5.86. The van der Waals surface area contributed by atoms with Crippen LogP contribution in [-0.2, 0) is 0 Å². The molecule has 0 bridgehead atoms. The lowest BCUT2D eigenvalue weighted by atomic mass is 9.86. The molecule has 0 saturated heterocycles. The molecule has 0 amide bonds. The number of nitrogens with zero attached hydrogens (tertiary/aromatic N) is 1. The second-order valence-electron chi connectivity index (χ2n) is 7.38. The number of aromatic amines is 1. The molecule has 2 unspecified atom stereocenters. The number of aromatic nitrogens is 1. The Balaban J connectivity index is 0.000000948. The Morgan fingerprint density at radius 1 is 1.12 bits per heavy atom. The minimum Gasteiger partial charge on any atom is -0.360 e.